The Morgan fingerprint density at radius 3 is 2.82 bits per heavy atom. The molecule has 1 aromatic heterocycles. The van der Waals surface area contributed by atoms with Crippen molar-refractivity contribution in [2.75, 3.05) is 38.5 Å². The van der Waals surface area contributed by atoms with Gasteiger partial charge in [0.25, 0.3) is 11.8 Å². The summed E-state index contributed by atoms with van der Waals surface area (Å²) in [5, 5.41) is 3.40. The van der Waals surface area contributed by atoms with Crippen molar-refractivity contribution in [3.8, 4) is 11.3 Å². The van der Waals surface area contributed by atoms with Gasteiger partial charge >= 0.3 is 0 Å². The summed E-state index contributed by atoms with van der Waals surface area (Å²) < 4.78 is 6.02. The van der Waals surface area contributed by atoms with Gasteiger partial charge in [-0.05, 0) is 68.6 Å². The van der Waals surface area contributed by atoms with Crippen molar-refractivity contribution in [3.05, 3.63) is 76.5 Å². The van der Waals surface area contributed by atoms with Crippen LogP contribution in [0.2, 0.25) is 5.02 Å². The third-order valence-electron chi connectivity index (χ3n) is 6.08. The van der Waals surface area contributed by atoms with Gasteiger partial charge in [0.05, 0.1) is 5.57 Å². The maximum Gasteiger partial charge on any atom is 0.256 e. The van der Waals surface area contributed by atoms with Gasteiger partial charge in [0.1, 0.15) is 11.5 Å². The highest BCUT2D eigenvalue weighted by Crippen LogP contribution is 2.35. The minimum atomic E-state index is -0.194. The number of nitrogens with one attached hydrogen (secondary N) is 1. The van der Waals surface area contributed by atoms with Crippen LogP contribution in [0.3, 0.4) is 0 Å². The molecule has 7 heteroatoms. The Kier molecular flexibility index (Phi) is 5.79. The predicted octanol–water partition coefficient (Wildman–Crippen LogP) is 4.87. The van der Waals surface area contributed by atoms with Gasteiger partial charge in [-0.15, -0.1) is 0 Å². The molecule has 0 unspecified atom stereocenters. The van der Waals surface area contributed by atoms with Gasteiger partial charge in [0, 0.05) is 47.0 Å². The standard InChI is InChI=1S/C26H24ClN3O3/c1-29-10-3-11-30(13-12-29)26(32)18-5-2-4-17(14-18)24-9-7-20(33-24)16-22-21-15-19(27)6-8-23(21)28-25(22)31/h2,4-9,14-16H,3,10-13H2,1H3,(H,28,31). The lowest BCUT2D eigenvalue weighted by atomic mass is 10.1. The van der Waals surface area contributed by atoms with E-state index in [2.05, 4.69) is 17.3 Å². The minimum Gasteiger partial charge on any atom is -0.457 e. The number of amides is 2. The zero-order valence-electron chi connectivity index (χ0n) is 18.3. The van der Waals surface area contributed by atoms with E-state index in [0.29, 0.717) is 27.7 Å². The Morgan fingerprint density at radius 1 is 1.06 bits per heavy atom. The summed E-state index contributed by atoms with van der Waals surface area (Å²) in [4.78, 5) is 29.7. The number of rotatable bonds is 3. The fraction of sp³-hybridized carbons (Fsp3) is 0.231. The summed E-state index contributed by atoms with van der Waals surface area (Å²) in [5.74, 6) is 1.03. The minimum absolute atomic E-state index is 0.0390. The van der Waals surface area contributed by atoms with Gasteiger partial charge in [-0.2, -0.15) is 0 Å². The number of halogens is 1. The molecule has 0 spiro atoms. The number of anilines is 1. The van der Waals surface area contributed by atoms with Crippen LogP contribution in [0.15, 0.2) is 59.0 Å². The van der Waals surface area contributed by atoms with E-state index in [9.17, 15) is 9.59 Å². The molecule has 0 atom stereocenters. The van der Waals surface area contributed by atoms with Crippen LogP contribution < -0.4 is 5.32 Å². The second-order valence-corrected chi connectivity index (χ2v) is 8.87. The number of carbonyl (C=O) groups is 2. The van der Waals surface area contributed by atoms with Crippen molar-refractivity contribution in [1.82, 2.24) is 9.80 Å². The average Bonchev–Trinajstić information content (AvgIpc) is 3.33. The molecule has 6 nitrogen and oxygen atoms in total. The molecule has 0 aliphatic carbocycles. The molecule has 2 amide bonds. The first-order valence-corrected chi connectivity index (χ1v) is 11.4. The average molecular weight is 462 g/mol. The van der Waals surface area contributed by atoms with E-state index in [4.69, 9.17) is 16.0 Å². The van der Waals surface area contributed by atoms with E-state index in [1.807, 2.05) is 41.3 Å². The number of hydrogen-bond acceptors (Lipinski definition) is 4. The van der Waals surface area contributed by atoms with Crippen molar-refractivity contribution in [2.24, 2.45) is 0 Å². The second-order valence-electron chi connectivity index (χ2n) is 8.43. The van der Waals surface area contributed by atoms with Crippen LogP contribution in [-0.4, -0.2) is 54.8 Å². The number of fused-ring (bicyclic) bond motifs is 1. The predicted molar refractivity (Wildman–Crippen MR) is 130 cm³/mol. The first-order chi connectivity index (χ1) is 16.0. The van der Waals surface area contributed by atoms with Crippen molar-refractivity contribution in [3.63, 3.8) is 0 Å². The van der Waals surface area contributed by atoms with Gasteiger partial charge in [-0.1, -0.05) is 23.7 Å². The van der Waals surface area contributed by atoms with Gasteiger partial charge in [0.15, 0.2) is 0 Å². The van der Waals surface area contributed by atoms with Gasteiger partial charge in [-0.3, -0.25) is 9.59 Å². The molecule has 1 fully saturated rings. The molecule has 3 heterocycles. The fourth-order valence-corrected chi connectivity index (χ4v) is 4.44. The Morgan fingerprint density at radius 2 is 1.94 bits per heavy atom. The van der Waals surface area contributed by atoms with Crippen molar-refractivity contribution >= 4 is 40.8 Å². The summed E-state index contributed by atoms with van der Waals surface area (Å²) in [6.07, 6.45) is 2.68. The zero-order chi connectivity index (χ0) is 22.9. The van der Waals surface area contributed by atoms with E-state index in [1.54, 1.807) is 24.3 Å². The first kappa shape index (κ1) is 21.5. The molecule has 0 saturated carbocycles. The zero-order valence-corrected chi connectivity index (χ0v) is 19.1. The van der Waals surface area contributed by atoms with Crippen molar-refractivity contribution < 1.29 is 14.0 Å². The molecule has 2 aliphatic rings. The maximum absolute atomic E-state index is 13.1. The van der Waals surface area contributed by atoms with Crippen LogP contribution in [-0.2, 0) is 4.79 Å². The highest BCUT2D eigenvalue weighted by molar-refractivity contribution is 6.36. The van der Waals surface area contributed by atoms with Crippen LogP contribution in [0.1, 0.15) is 28.1 Å². The van der Waals surface area contributed by atoms with Crippen LogP contribution in [0.4, 0.5) is 5.69 Å². The third-order valence-corrected chi connectivity index (χ3v) is 6.31. The first-order valence-electron chi connectivity index (χ1n) is 11.0. The van der Waals surface area contributed by atoms with Gasteiger partial charge < -0.3 is 19.5 Å². The lowest BCUT2D eigenvalue weighted by Crippen LogP contribution is -2.34. The highest BCUT2D eigenvalue weighted by Gasteiger charge is 2.25. The fourth-order valence-electron chi connectivity index (χ4n) is 4.27. The van der Waals surface area contributed by atoms with Crippen LogP contribution in [0.25, 0.3) is 23.0 Å². The summed E-state index contributed by atoms with van der Waals surface area (Å²) in [7, 11) is 2.08. The van der Waals surface area contributed by atoms with E-state index >= 15 is 0 Å². The summed E-state index contributed by atoms with van der Waals surface area (Å²) in [5.41, 5.74) is 3.45. The lowest BCUT2D eigenvalue weighted by Gasteiger charge is -2.20. The second kappa shape index (κ2) is 8.89. The molecule has 1 N–H and O–H groups in total. The van der Waals surface area contributed by atoms with Crippen LogP contribution >= 0.6 is 11.6 Å². The molecule has 2 aliphatic heterocycles. The molecule has 0 bridgehead atoms. The molecule has 5 rings (SSSR count). The number of hydrogen-bond donors (Lipinski definition) is 1. The van der Waals surface area contributed by atoms with Crippen molar-refractivity contribution in [1.29, 1.82) is 0 Å². The molecular formula is C26H24ClN3O3. The number of carbonyl (C=O) groups excluding carboxylic acids is 2. The number of furan rings is 1. The quantitative estimate of drug-likeness (QED) is 0.565. The molecule has 0 radical (unpaired) electrons. The lowest BCUT2D eigenvalue weighted by molar-refractivity contribution is -0.110. The summed E-state index contributed by atoms with van der Waals surface area (Å²) >= 11 is 6.11. The normalized spacial score (nSPS) is 17.7. The topological polar surface area (TPSA) is 65.8 Å². The van der Waals surface area contributed by atoms with E-state index in [-0.39, 0.29) is 11.8 Å². The largest absolute Gasteiger partial charge is 0.457 e. The Balaban J connectivity index is 1.39. The highest BCUT2D eigenvalue weighted by atomic mass is 35.5. The number of benzene rings is 2. The van der Waals surface area contributed by atoms with Gasteiger partial charge in [0.2, 0.25) is 0 Å². The van der Waals surface area contributed by atoms with E-state index < -0.39 is 0 Å². The molecule has 168 valence electrons. The maximum atomic E-state index is 13.1. The van der Waals surface area contributed by atoms with Crippen molar-refractivity contribution in [2.45, 2.75) is 6.42 Å². The molecule has 33 heavy (non-hydrogen) atoms. The Bertz CT molecular complexity index is 1260. The smallest absolute Gasteiger partial charge is 0.256 e. The van der Waals surface area contributed by atoms with E-state index in [1.165, 1.54) is 0 Å². The summed E-state index contributed by atoms with van der Waals surface area (Å²) in [6.45, 7) is 3.37. The monoisotopic (exact) mass is 461 g/mol. The molecular weight excluding hydrogens is 438 g/mol. The van der Waals surface area contributed by atoms with Crippen LogP contribution in [0, 0.1) is 0 Å². The Hall–Kier alpha value is -3.35. The third kappa shape index (κ3) is 4.45. The number of nitrogens with zero attached hydrogens (tertiary/aromatic N) is 2. The van der Waals surface area contributed by atoms with E-state index in [0.717, 1.165) is 49.4 Å². The SMILES string of the molecule is CN1CCCN(C(=O)c2cccc(-c3ccc(C=C4C(=O)Nc5ccc(Cl)cc54)o3)c2)CC1. The molecule has 3 aromatic rings. The number of likely N-dealkylation sites (N-methyl/N-ethyl adjacent to an activating group) is 1. The van der Waals surface area contributed by atoms with Gasteiger partial charge in [-0.25, -0.2) is 0 Å². The van der Waals surface area contributed by atoms with Crippen LogP contribution in [0.5, 0.6) is 0 Å². The molecule has 2 aromatic carbocycles. The summed E-state index contributed by atoms with van der Waals surface area (Å²) in [6, 6.07) is 16.5. The molecule has 1 saturated heterocycles. The Labute approximate surface area is 197 Å².